The zero-order chi connectivity index (χ0) is 12.0. The summed E-state index contributed by atoms with van der Waals surface area (Å²) in [5.74, 6) is 0. The SMILES string of the molecule is COCCNCc1cccn(C(C)C)c1=O. The van der Waals surface area contributed by atoms with Gasteiger partial charge in [0.15, 0.2) is 0 Å². The average molecular weight is 224 g/mol. The molecule has 1 heterocycles. The van der Waals surface area contributed by atoms with Crippen molar-refractivity contribution in [2.45, 2.75) is 26.4 Å². The minimum absolute atomic E-state index is 0.0856. The van der Waals surface area contributed by atoms with Crippen molar-refractivity contribution in [1.82, 2.24) is 9.88 Å². The topological polar surface area (TPSA) is 43.3 Å². The second-order valence-electron chi connectivity index (χ2n) is 4.01. The normalized spacial score (nSPS) is 11.0. The van der Waals surface area contributed by atoms with Crippen LogP contribution in [0.25, 0.3) is 0 Å². The summed E-state index contributed by atoms with van der Waals surface area (Å²) in [7, 11) is 1.66. The van der Waals surface area contributed by atoms with Crippen LogP contribution in [0.2, 0.25) is 0 Å². The van der Waals surface area contributed by atoms with Crippen molar-refractivity contribution >= 4 is 0 Å². The van der Waals surface area contributed by atoms with E-state index in [9.17, 15) is 4.79 Å². The van der Waals surface area contributed by atoms with E-state index in [0.717, 1.165) is 12.1 Å². The van der Waals surface area contributed by atoms with Crippen LogP contribution >= 0.6 is 0 Å². The summed E-state index contributed by atoms with van der Waals surface area (Å²) in [5.41, 5.74) is 0.884. The third kappa shape index (κ3) is 3.47. The van der Waals surface area contributed by atoms with E-state index in [1.54, 1.807) is 11.7 Å². The lowest BCUT2D eigenvalue weighted by molar-refractivity contribution is 0.199. The fraction of sp³-hybridized carbons (Fsp3) is 0.583. The van der Waals surface area contributed by atoms with Crippen LogP contribution in [-0.4, -0.2) is 24.8 Å². The Kier molecular flexibility index (Phi) is 5.22. The standard InChI is InChI=1S/C12H20N2O2/c1-10(2)14-7-4-5-11(12(14)15)9-13-6-8-16-3/h4-5,7,10,13H,6,8-9H2,1-3H3. The Morgan fingerprint density at radius 2 is 2.25 bits per heavy atom. The van der Waals surface area contributed by atoms with Crippen molar-refractivity contribution in [3.63, 3.8) is 0 Å². The fourth-order valence-electron chi connectivity index (χ4n) is 1.50. The van der Waals surface area contributed by atoms with Gasteiger partial charge in [-0.25, -0.2) is 0 Å². The molecule has 0 atom stereocenters. The first-order valence-electron chi connectivity index (χ1n) is 5.56. The third-order valence-electron chi connectivity index (χ3n) is 2.41. The molecular weight excluding hydrogens is 204 g/mol. The molecule has 0 aliphatic rings. The van der Waals surface area contributed by atoms with E-state index in [1.165, 1.54) is 0 Å². The molecule has 0 radical (unpaired) electrons. The number of methoxy groups -OCH3 is 1. The summed E-state index contributed by atoms with van der Waals surface area (Å²) in [5, 5.41) is 3.17. The van der Waals surface area contributed by atoms with Crippen molar-refractivity contribution in [2.75, 3.05) is 20.3 Å². The Hall–Kier alpha value is -1.13. The van der Waals surface area contributed by atoms with Gasteiger partial charge in [0.2, 0.25) is 0 Å². The monoisotopic (exact) mass is 224 g/mol. The summed E-state index contributed by atoms with van der Waals surface area (Å²) in [4.78, 5) is 12.0. The first kappa shape index (κ1) is 12.9. The van der Waals surface area contributed by atoms with Crippen LogP contribution in [0.3, 0.4) is 0 Å². The molecule has 0 bridgehead atoms. The molecule has 1 aromatic rings. The van der Waals surface area contributed by atoms with E-state index in [1.807, 2.05) is 32.2 Å². The van der Waals surface area contributed by atoms with Crippen molar-refractivity contribution < 1.29 is 4.74 Å². The fourth-order valence-corrected chi connectivity index (χ4v) is 1.50. The van der Waals surface area contributed by atoms with Gasteiger partial charge in [-0.05, 0) is 19.9 Å². The number of aromatic nitrogens is 1. The molecule has 1 N–H and O–H groups in total. The number of rotatable bonds is 6. The first-order chi connectivity index (χ1) is 7.66. The van der Waals surface area contributed by atoms with Crippen LogP contribution < -0.4 is 10.9 Å². The minimum Gasteiger partial charge on any atom is -0.383 e. The minimum atomic E-state index is 0.0856. The van der Waals surface area contributed by atoms with Gasteiger partial charge in [-0.1, -0.05) is 6.07 Å². The van der Waals surface area contributed by atoms with Gasteiger partial charge in [-0.3, -0.25) is 4.79 Å². The van der Waals surface area contributed by atoms with Crippen LogP contribution in [0.5, 0.6) is 0 Å². The molecule has 0 unspecified atom stereocenters. The van der Waals surface area contributed by atoms with Gasteiger partial charge in [0, 0.05) is 38.0 Å². The van der Waals surface area contributed by atoms with Crippen LogP contribution in [0.15, 0.2) is 23.1 Å². The third-order valence-corrected chi connectivity index (χ3v) is 2.41. The molecule has 4 heteroatoms. The lowest BCUT2D eigenvalue weighted by atomic mass is 10.2. The molecule has 0 saturated carbocycles. The number of hydrogen-bond acceptors (Lipinski definition) is 3. The Labute approximate surface area is 96.2 Å². The van der Waals surface area contributed by atoms with Crippen molar-refractivity contribution in [3.05, 3.63) is 34.2 Å². The van der Waals surface area contributed by atoms with Gasteiger partial charge >= 0.3 is 0 Å². The first-order valence-corrected chi connectivity index (χ1v) is 5.56. The maximum absolute atomic E-state index is 12.0. The second kappa shape index (κ2) is 6.45. The summed E-state index contributed by atoms with van der Waals surface area (Å²) in [6.45, 7) is 6.01. The summed E-state index contributed by atoms with van der Waals surface area (Å²) >= 11 is 0. The maximum atomic E-state index is 12.0. The predicted molar refractivity (Wildman–Crippen MR) is 64.7 cm³/mol. The number of nitrogens with one attached hydrogen (secondary N) is 1. The Bertz CT molecular complexity index is 372. The van der Waals surface area contributed by atoms with E-state index >= 15 is 0 Å². The maximum Gasteiger partial charge on any atom is 0.255 e. The van der Waals surface area contributed by atoms with Gasteiger partial charge < -0.3 is 14.6 Å². The van der Waals surface area contributed by atoms with Gasteiger partial charge in [-0.2, -0.15) is 0 Å². The van der Waals surface area contributed by atoms with E-state index < -0.39 is 0 Å². The highest BCUT2D eigenvalue weighted by Crippen LogP contribution is 2.00. The van der Waals surface area contributed by atoms with Gasteiger partial charge in [-0.15, -0.1) is 0 Å². The van der Waals surface area contributed by atoms with Gasteiger partial charge in [0.25, 0.3) is 5.56 Å². The lowest BCUT2D eigenvalue weighted by Gasteiger charge is -2.11. The Morgan fingerprint density at radius 3 is 2.88 bits per heavy atom. The molecular formula is C12H20N2O2. The molecule has 1 rings (SSSR count). The highest BCUT2D eigenvalue weighted by molar-refractivity contribution is 5.10. The molecule has 0 aliphatic heterocycles. The molecule has 1 aromatic heterocycles. The number of hydrogen-bond donors (Lipinski definition) is 1. The second-order valence-corrected chi connectivity index (χ2v) is 4.01. The van der Waals surface area contributed by atoms with Gasteiger partial charge in [0.1, 0.15) is 0 Å². The number of nitrogens with zero attached hydrogens (tertiary/aromatic N) is 1. The number of ether oxygens (including phenoxy) is 1. The van der Waals surface area contributed by atoms with Crippen LogP contribution in [0.4, 0.5) is 0 Å². The highest BCUT2D eigenvalue weighted by Gasteiger charge is 2.04. The highest BCUT2D eigenvalue weighted by atomic mass is 16.5. The van der Waals surface area contributed by atoms with Crippen molar-refractivity contribution in [3.8, 4) is 0 Å². The van der Waals surface area contributed by atoms with E-state index in [0.29, 0.717) is 13.2 Å². The molecule has 0 saturated heterocycles. The molecule has 0 aromatic carbocycles. The zero-order valence-electron chi connectivity index (χ0n) is 10.2. The summed E-state index contributed by atoms with van der Waals surface area (Å²) in [6.07, 6.45) is 1.83. The largest absolute Gasteiger partial charge is 0.383 e. The van der Waals surface area contributed by atoms with Crippen LogP contribution in [0, 0.1) is 0 Å². The molecule has 4 nitrogen and oxygen atoms in total. The lowest BCUT2D eigenvalue weighted by Crippen LogP contribution is -2.28. The average Bonchev–Trinajstić information content (AvgIpc) is 2.26. The quantitative estimate of drug-likeness (QED) is 0.737. The molecule has 0 aliphatic carbocycles. The van der Waals surface area contributed by atoms with E-state index in [2.05, 4.69) is 5.32 Å². The Morgan fingerprint density at radius 1 is 1.50 bits per heavy atom. The van der Waals surface area contributed by atoms with Gasteiger partial charge in [0.05, 0.1) is 6.61 Å². The number of pyridine rings is 1. The molecule has 90 valence electrons. The molecule has 0 fully saturated rings. The van der Waals surface area contributed by atoms with Crippen molar-refractivity contribution in [1.29, 1.82) is 0 Å². The van der Waals surface area contributed by atoms with E-state index in [4.69, 9.17) is 4.74 Å². The van der Waals surface area contributed by atoms with E-state index in [-0.39, 0.29) is 11.6 Å². The van der Waals surface area contributed by atoms with Crippen LogP contribution in [-0.2, 0) is 11.3 Å². The molecule has 0 spiro atoms. The predicted octanol–water partition coefficient (Wildman–Crippen LogP) is 1.17. The summed E-state index contributed by atoms with van der Waals surface area (Å²) < 4.78 is 6.67. The molecule has 0 amide bonds. The Balaban J connectivity index is 2.66. The molecule has 16 heavy (non-hydrogen) atoms. The smallest absolute Gasteiger partial charge is 0.255 e. The summed E-state index contributed by atoms with van der Waals surface area (Å²) in [6, 6.07) is 3.97. The van der Waals surface area contributed by atoms with Crippen LogP contribution in [0.1, 0.15) is 25.5 Å². The zero-order valence-corrected chi connectivity index (χ0v) is 10.2. The van der Waals surface area contributed by atoms with Crippen molar-refractivity contribution in [2.24, 2.45) is 0 Å².